The molecule has 0 amide bonds. The summed E-state index contributed by atoms with van der Waals surface area (Å²) in [4.78, 5) is 0. The minimum atomic E-state index is -2.43. The van der Waals surface area contributed by atoms with E-state index < -0.39 is 5.92 Å². The molecule has 0 spiro atoms. The lowest BCUT2D eigenvalue weighted by molar-refractivity contribution is -0.0208. The molecule has 0 unspecified atom stereocenters. The Balaban J connectivity index is 0.000000292. The van der Waals surface area contributed by atoms with Gasteiger partial charge in [-0.1, -0.05) is 20.3 Å². The van der Waals surface area contributed by atoms with Crippen LogP contribution in [0.3, 0.4) is 0 Å². The average molecular weight is 165 g/mol. The summed E-state index contributed by atoms with van der Waals surface area (Å²) in [5.74, 6) is -2.43. The first kappa shape index (κ1) is 10.8. The van der Waals surface area contributed by atoms with Crippen LogP contribution in [0, 0.1) is 0 Å². The van der Waals surface area contributed by atoms with Crippen molar-refractivity contribution in [3.63, 3.8) is 0 Å². The van der Waals surface area contributed by atoms with E-state index in [9.17, 15) is 8.78 Å². The summed E-state index contributed by atoms with van der Waals surface area (Å²) in [6, 6.07) is 0. The molecule has 1 rings (SSSR count). The Morgan fingerprint density at radius 2 is 1.91 bits per heavy atom. The molecule has 0 atom stereocenters. The number of rotatable bonds is 0. The lowest BCUT2D eigenvalue weighted by atomic mass is 10.1. The molecule has 0 saturated carbocycles. The van der Waals surface area contributed by atoms with Gasteiger partial charge in [-0.25, -0.2) is 8.78 Å². The standard InChI is InChI=1S/C5H9F2N.C3H8/c6-5(7)2-1-3-8-4-5;1-3-2/h8H,1-4H2;3H2,1-2H3. The van der Waals surface area contributed by atoms with Crippen molar-refractivity contribution in [2.45, 2.75) is 39.0 Å². The highest BCUT2D eigenvalue weighted by atomic mass is 19.3. The fraction of sp³-hybridized carbons (Fsp3) is 1.00. The Morgan fingerprint density at radius 1 is 1.36 bits per heavy atom. The fourth-order valence-corrected chi connectivity index (χ4v) is 0.832. The second kappa shape index (κ2) is 5.47. The van der Waals surface area contributed by atoms with Crippen molar-refractivity contribution in [1.82, 2.24) is 5.32 Å². The van der Waals surface area contributed by atoms with Crippen LogP contribution in [0.4, 0.5) is 8.78 Å². The summed E-state index contributed by atoms with van der Waals surface area (Å²) in [6.07, 6.45) is 1.91. The van der Waals surface area contributed by atoms with Gasteiger partial charge < -0.3 is 5.32 Å². The van der Waals surface area contributed by atoms with Gasteiger partial charge in [0.15, 0.2) is 0 Å². The second-order valence-electron chi connectivity index (χ2n) is 2.84. The summed E-state index contributed by atoms with van der Waals surface area (Å²) in [5.41, 5.74) is 0. The number of hydrogen-bond donors (Lipinski definition) is 1. The van der Waals surface area contributed by atoms with Crippen molar-refractivity contribution in [3.8, 4) is 0 Å². The van der Waals surface area contributed by atoms with E-state index in [-0.39, 0.29) is 13.0 Å². The maximum Gasteiger partial charge on any atom is 0.260 e. The molecule has 1 fully saturated rings. The highest BCUT2D eigenvalue weighted by Gasteiger charge is 2.30. The van der Waals surface area contributed by atoms with Gasteiger partial charge in [-0.2, -0.15) is 0 Å². The van der Waals surface area contributed by atoms with E-state index in [1.807, 2.05) is 0 Å². The predicted molar refractivity (Wildman–Crippen MR) is 43.0 cm³/mol. The van der Waals surface area contributed by atoms with Gasteiger partial charge in [0.05, 0.1) is 6.54 Å². The van der Waals surface area contributed by atoms with E-state index in [4.69, 9.17) is 0 Å². The Hall–Kier alpha value is -0.180. The van der Waals surface area contributed by atoms with E-state index in [0.29, 0.717) is 6.42 Å². The molecule has 0 radical (unpaired) electrons. The highest BCUT2D eigenvalue weighted by Crippen LogP contribution is 2.21. The van der Waals surface area contributed by atoms with E-state index in [1.54, 1.807) is 0 Å². The maximum absolute atomic E-state index is 12.1. The molecule has 0 aromatic carbocycles. The second-order valence-corrected chi connectivity index (χ2v) is 2.84. The van der Waals surface area contributed by atoms with Crippen LogP contribution in [-0.2, 0) is 0 Å². The Labute approximate surface area is 67.2 Å². The fourth-order valence-electron chi connectivity index (χ4n) is 0.832. The SMILES string of the molecule is CCC.FC1(F)CCCNC1. The highest BCUT2D eigenvalue weighted by molar-refractivity contribution is 4.74. The zero-order valence-corrected chi connectivity index (χ0v) is 7.29. The molecule has 1 nitrogen and oxygen atoms in total. The summed E-state index contributed by atoms with van der Waals surface area (Å²) in [6.45, 7) is 4.86. The van der Waals surface area contributed by atoms with E-state index in [1.165, 1.54) is 6.42 Å². The average Bonchev–Trinajstić information content (AvgIpc) is 1.88. The van der Waals surface area contributed by atoms with Crippen LogP contribution in [0.2, 0.25) is 0 Å². The van der Waals surface area contributed by atoms with Gasteiger partial charge in [0.2, 0.25) is 0 Å². The maximum atomic E-state index is 12.1. The number of nitrogens with one attached hydrogen (secondary N) is 1. The molecule has 11 heavy (non-hydrogen) atoms. The summed E-state index contributed by atoms with van der Waals surface area (Å²) >= 11 is 0. The lowest BCUT2D eigenvalue weighted by Gasteiger charge is -2.21. The number of alkyl halides is 2. The van der Waals surface area contributed by atoms with Gasteiger partial charge in [0, 0.05) is 6.42 Å². The summed E-state index contributed by atoms with van der Waals surface area (Å²) in [7, 11) is 0. The van der Waals surface area contributed by atoms with Crippen molar-refractivity contribution >= 4 is 0 Å². The first-order valence-corrected chi connectivity index (χ1v) is 4.21. The zero-order valence-electron chi connectivity index (χ0n) is 7.29. The first-order chi connectivity index (χ1) is 5.12. The monoisotopic (exact) mass is 165 g/mol. The Kier molecular flexibility index (Phi) is 5.38. The van der Waals surface area contributed by atoms with Crippen LogP contribution in [0.5, 0.6) is 0 Å². The molecular formula is C8H17F2N. The van der Waals surface area contributed by atoms with E-state index >= 15 is 0 Å². The molecule has 1 heterocycles. The summed E-state index contributed by atoms with van der Waals surface area (Å²) in [5, 5.41) is 2.62. The smallest absolute Gasteiger partial charge is 0.260 e. The van der Waals surface area contributed by atoms with E-state index in [2.05, 4.69) is 19.2 Å². The van der Waals surface area contributed by atoms with Crippen LogP contribution >= 0.6 is 0 Å². The van der Waals surface area contributed by atoms with Gasteiger partial charge in [-0.3, -0.25) is 0 Å². The van der Waals surface area contributed by atoms with Crippen LogP contribution in [0.25, 0.3) is 0 Å². The molecule has 1 N–H and O–H groups in total. The number of hydrogen-bond acceptors (Lipinski definition) is 1. The lowest BCUT2D eigenvalue weighted by Crippen LogP contribution is -2.38. The predicted octanol–water partition coefficient (Wildman–Crippen LogP) is 2.42. The molecule has 0 bridgehead atoms. The topological polar surface area (TPSA) is 12.0 Å². The van der Waals surface area contributed by atoms with Gasteiger partial charge in [-0.05, 0) is 13.0 Å². The molecule has 68 valence electrons. The molecule has 1 saturated heterocycles. The Morgan fingerprint density at radius 3 is 2.09 bits per heavy atom. The normalized spacial score (nSPS) is 21.8. The van der Waals surface area contributed by atoms with Crippen LogP contribution in [-0.4, -0.2) is 19.0 Å². The van der Waals surface area contributed by atoms with Crippen molar-refractivity contribution < 1.29 is 8.78 Å². The molecule has 3 heteroatoms. The van der Waals surface area contributed by atoms with Crippen molar-refractivity contribution in [1.29, 1.82) is 0 Å². The van der Waals surface area contributed by atoms with Gasteiger partial charge in [-0.15, -0.1) is 0 Å². The van der Waals surface area contributed by atoms with Crippen molar-refractivity contribution in [3.05, 3.63) is 0 Å². The molecule has 0 aromatic heterocycles. The minimum absolute atomic E-state index is 0.0556. The van der Waals surface area contributed by atoms with Gasteiger partial charge >= 0.3 is 0 Å². The largest absolute Gasteiger partial charge is 0.311 e. The molecule has 0 aromatic rings. The first-order valence-electron chi connectivity index (χ1n) is 4.21. The van der Waals surface area contributed by atoms with Crippen LogP contribution in [0.1, 0.15) is 33.1 Å². The third-order valence-corrected chi connectivity index (χ3v) is 1.28. The number of piperidine rings is 1. The van der Waals surface area contributed by atoms with Crippen LogP contribution in [0.15, 0.2) is 0 Å². The van der Waals surface area contributed by atoms with Crippen molar-refractivity contribution in [2.24, 2.45) is 0 Å². The molecule has 1 aliphatic heterocycles. The van der Waals surface area contributed by atoms with Gasteiger partial charge in [0.1, 0.15) is 0 Å². The van der Waals surface area contributed by atoms with Crippen molar-refractivity contribution in [2.75, 3.05) is 13.1 Å². The van der Waals surface area contributed by atoms with E-state index in [0.717, 1.165) is 6.54 Å². The van der Waals surface area contributed by atoms with Gasteiger partial charge in [0.25, 0.3) is 5.92 Å². The third kappa shape index (κ3) is 6.23. The molecule has 1 aliphatic rings. The zero-order chi connectivity index (χ0) is 8.74. The molecular weight excluding hydrogens is 148 g/mol. The molecule has 0 aliphatic carbocycles. The number of halogens is 2. The Bertz CT molecular complexity index is 86.1. The minimum Gasteiger partial charge on any atom is -0.311 e. The van der Waals surface area contributed by atoms with Crippen LogP contribution < -0.4 is 5.32 Å². The quantitative estimate of drug-likeness (QED) is 0.581. The summed E-state index contributed by atoms with van der Waals surface area (Å²) < 4.78 is 24.3. The third-order valence-electron chi connectivity index (χ3n) is 1.28.